The van der Waals surface area contributed by atoms with Gasteiger partial charge in [0.15, 0.2) is 6.10 Å². The van der Waals surface area contributed by atoms with Crippen LogP contribution in [0.15, 0.2) is 18.2 Å². The molecule has 8 nitrogen and oxygen atoms in total. The molecule has 1 aromatic carbocycles. The molecule has 3 aromatic rings. The van der Waals surface area contributed by atoms with Gasteiger partial charge in [0.1, 0.15) is 5.15 Å². The zero-order valence-corrected chi connectivity index (χ0v) is 28.6. The average Bonchev–Trinajstić information content (AvgIpc) is 3.16. The Morgan fingerprint density at radius 2 is 1.75 bits per heavy atom. The normalized spacial score (nSPS) is 17.9. The molecule has 0 radical (unpaired) electrons. The van der Waals surface area contributed by atoms with E-state index in [4.69, 9.17) is 21.3 Å². The second-order valence-corrected chi connectivity index (χ2v) is 14.8. The van der Waals surface area contributed by atoms with E-state index >= 15 is 0 Å². The molecule has 9 heteroatoms. The number of carbonyl (C=O) groups is 1. The summed E-state index contributed by atoms with van der Waals surface area (Å²) in [4.78, 5) is 22.6. The fraction of sp³-hybridized carbons (Fsp3) is 0.571. The van der Waals surface area contributed by atoms with Crippen LogP contribution in [-0.4, -0.2) is 56.0 Å². The summed E-state index contributed by atoms with van der Waals surface area (Å²) in [5.74, 6) is -0.993. The lowest BCUT2D eigenvalue weighted by atomic mass is 9.81. The number of piperidine rings is 1. The van der Waals surface area contributed by atoms with E-state index in [9.17, 15) is 9.90 Å². The average molecular weight is 622 g/mol. The summed E-state index contributed by atoms with van der Waals surface area (Å²) < 4.78 is 7.99. The molecule has 1 atom stereocenters. The maximum absolute atomic E-state index is 12.8. The Kier molecular flexibility index (Phi) is 8.93. The first-order valence-electron chi connectivity index (χ1n) is 15.7. The van der Waals surface area contributed by atoms with Gasteiger partial charge in [0.25, 0.3) is 0 Å². The third kappa shape index (κ3) is 6.68. The largest absolute Gasteiger partial charge is 0.479 e. The van der Waals surface area contributed by atoms with Crippen molar-refractivity contribution in [3.05, 3.63) is 62.7 Å². The zero-order valence-electron chi connectivity index (χ0n) is 27.8. The van der Waals surface area contributed by atoms with Crippen LogP contribution in [0.3, 0.4) is 0 Å². The molecule has 0 saturated carbocycles. The number of fused-ring (bicyclic) bond motifs is 1. The highest BCUT2D eigenvalue weighted by atomic mass is 35.5. The van der Waals surface area contributed by atoms with Crippen LogP contribution in [0.25, 0.3) is 11.1 Å². The van der Waals surface area contributed by atoms with Crippen LogP contribution in [0, 0.1) is 26.2 Å². The van der Waals surface area contributed by atoms with Crippen LogP contribution in [0.2, 0.25) is 5.15 Å². The first-order valence-corrected chi connectivity index (χ1v) is 16.1. The Morgan fingerprint density at radius 1 is 1.07 bits per heavy atom. The third-order valence-corrected chi connectivity index (χ3v) is 9.68. The number of carboxylic acids is 1. The molecule has 1 unspecified atom stereocenters. The Balaban J connectivity index is 1.57. The minimum Gasteiger partial charge on any atom is -0.479 e. The molecule has 0 bridgehead atoms. The van der Waals surface area contributed by atoms with Crippen molar-refractivity contribution in [2.75, 3.05) is 24.5 Å². The number of benzene rings is 1. The number of aliphatic carboxylic acids is 1. The van der Waals surface area contributed by atoms with Crippen LogP contribution in [0.1, 0.15) is 92.9 Å². The highest BCUT2D eigenvalue weighted by molar-refractivity contribution is 6.30. The summed E-state index contributed by atoms with van der Waals surface area (Å²) >= 11 is 6.55. The smallest absolute Gasteiger partial charge is 0.337 e. The predicted molar refractivity (Wildman–Crippen MR) is 176 cm³/mol. The molecule has 0 aliphatic carbocycles. The van der Waals surface area contributed by atoms with Crippen molar-refractivity contribution in [3.8, 4) is 11.1 Å². The highest BCUT2D eigenvalue weighted by Crippen LogP contribution is 2.45. The van der Waals surface area contributed by atoms with Crippen molar-refractivity contribution in [3.63, 3.8) is 0 Å². The number of aryl methyl sites for hydroxylation is 4. The molecule has 2 aliphatic rings. The van der Waals surface area contributed by atoms with E-state index in [2.05, 4.69) is 46.9 Å². The Bertz CT molecular complexity index is 1560. The van der Waals surface area contributed by atoms with Gasteiger partial charge in [0.2, 0.25) is 0 Å². The van der Waals surface area contributed by atoms with Gasteiger partial charge in [-0.2, -0.15) is 5.10 Å². The number of nitrogens with zero attached hydrogens (tertiary/aromatic N) is 5. The van der Waals surface area contributed by atoms with Crippen molar-refractivity contribution < 1.29 is 14.6 Å². The van der Waals surface area contributed by atoms with E-state index in [1.165, 1.54) is 11.1 Å². The van der Waals surface area contributed by atoms with Crippen LogP contribution >= 0.6 is 11.6 Å². The lowest BCUT2D eigenvalue weighted by Crippen LogP contribution is -2.39. The standard InChI is InChI=1S/C35H48ClN5O3/c1-21-27(32(36)39(9)38-21)20-40-15-12-24-18-25(10-11-26(24)19-40)28-22(2)37-23(3)29(31(33(42)43)44-34(4,5)6)30(28)41-16-13-35(7,8)14-17-41/h10-11,18,31H,12-17,19-20H2,1-9H3,(H,42,43). The molecule has 0 amide bonds. The number of ether oxygens (including phenoxy) is 1. The van der Waals surface area contributed by atoms with Crippen LogP contribution in [0.4, 0.5) is 5.69 Å². The van der Waals surface area contributed by atoms with Gasteiger partial charge in [0.05, 0.1) is 17.0 Å². The first-order chi connectivity index (χ1) is 20.5. The van der Waals surface area contributed by atoms with E-state index in [0.717, 1.165) is 85.8 Å². The van der Waals surface area contributed by atoms with Gasteiger partial charge in [-0.15, -0.1) is 0 Å². The van der Waals surface area contributed by atoms with Gasteiger partial charge in [-0.25, -0.2) is 4.79 Å². The monoisotopic (exact) mass is 621 g/mol. The maximum Gasteiger partial charge on any atom is 0.337 e. The minimum atomic E-state index is -1.12. The van der Waals surface area contributed by atoms with Crippen LogP contribution < -0.4 is 4.90 Å². The van der Waals surface area contributed by atoms with Gasteiger partial charge in [0, 0.05) is 67.8 Å². The lowest BCUT2D eigenvalue weighted by molar-refractivity contribution is -0.160. The quantitative estimate of drug-likeness (QED) is 0.299. The summed E-state index contributed by atoms with van der Waals surface area (Å²) in [5, 5.41) is 15.7. The molecule has 2 aliphatic heterocycles. The fourth-order valence-electron chi connectivity index (χ4n) is 6.73. The maximum atomic E-state index is 12.8. The van der Waals surface area contributed by atoms with E-state index in [0.29, 0.717) is 16.4 Å². The van der Waals surface area contributed by atoms with Gasteiger partial charge >= 0.3 is 5.97 Å². The lowest BCUT2D eigenvalue weighted by Gasteiger charge is -2.41. The van der Waals surface area contributed by atoms with E-state index in [1.54, 1.807) is 4.68 Å². The summed E-state index contributed by atoms with van der Waals surface area (Å²) in [5.41, 5.74) is 9.62. The van der Waals surface area contributed by atoms with Gasteiger partial charge in [-0.1, -0.05) is 43.6 Å². The van der Waals surface area contributed by atoms with Gasteiger partial charge in [-0.3, -0.25) is 14.6 Å². The summed E-state index contributed by atoms with van der Waals surface area (Å²) in [6.07, 6.45) is 1.86. The van der Waals surface area contributed by atoms with E-state index in [-0.39, 0.29) is 5.41 Å². The van der Waals surface area contributed by atoms with Crippen molar-refractivity contribution in [1.82, 2.24) is 19.7 Å². The SMILES string of the molecule is Cc1nn(C)c(Cl)c1CN1CCc2cc(-c3c(C)nc(C)c(C(OC(C)(C)C)C(=O)O)c3N3CCC(C)(C)CC3)ccc2C1. The number of halogens is 1. The van der Waals surface area contributed by atoms with E-state index < -0.39 is 17.7 Å². The number of carboxylic acid groups (broad SMARTS) is 1. The van der Waals surface area contributed by atoms with Gasteiger partial charge in [-0.05, 0) is 82.9 Å². The molecule has 1 saturated heterocycles. The number of hydrogen-bond donors (Lipinski definition) is 1. The molecule has 0 spiro atoms. The molecule has 5 rings (SSSR count). The Morgan fingerprint density at radius 3 is 2.34 bits per heavy atom. The minimum absolute atomic E-state index is 0.248. The number of anilines is 1. The van der Waals surface area contributed by atoms with Crippen molar-refractivity contribution >= 4 is 23.3 Å². The molecular weight excluding hydrogens is 574 g/mol. The molecule has 1 fully saturated rings. The zero-order chi connectivity index (χ0) is 32.1. The number of aromatic nitrogens is 3. The topological polar surface area (TPSA) is 83.7 Å². The molecule has 44 heavy (non-hydrogen) atoms. The summed E-state index contributed by atoms with van der Waals surface area (Å²) in [7, 11) is 1.88. The predicted octanol–water partition coefficient (Wildman–Crippen LogP) is 7.19. The highest BCUT2D eigenvalue weighted by Gasteiger charge is 2.36. The molecular formula is C35H48ClN5O3. The van der Waals surface area contributed by atoms with Gasteiger partial charge < -0.3 is 14.7 Å². The molecule has 4 heterocycles. The number of pyridine rings is 1. The summed E-state index contributed by atoms with van der Waals surface area (Å²) in [6, 6.07) is 6.72. The number of rotatable bonds is 7. The fourth-order valence-corrected chi connectivity index (χ4v) is 6.97. The van der Waals surface area contributed by atoms with Crippen LogP contribution in [-0.2, 0) is 36.1 Å². The number of hydrogen-bond acceptors (Lipinski definition) is 6. The molecule has 2 aromatic heterocycles. The second-order valence-electron chi connectivity index (χ2n) is 14.4. The molecule has 1 N–H and O–H groups in total. The van der Waals surface area contributed by atoms with Crippen molar-refractivity contribution in [1.29, 1.82) is 0 Å². The first kappa shape index (κ1) is 32.5. The van der Waals surface area contributed by atoms with Crippen LogP contribution in [0.5, 0.6) is 0 Å². The Labute approximate surface area is 267 Å². The van der Waals surface area contributed by atoms with E-state index in [1.807, 2.05) is 48.6 Å². The second kappa shape index (κ2) is 12.1. The Hall–Kier alpha value is -2.94. The molecule has 238 valence electrons. The summed E-state index contributed by atoms with van der Waals surface area (Å²) in [6.45, 7) is 20.6. The third-order valence-electron chi connectivity index (χ3n) is 9.21. The van der Waals surface area contributed by atoms with Crippen molar-refractivity contribution in [2.45, 2.75) is 99.4 Å². The van der Waals surface area contributed by atoms with Crippen molar-refractivity contribution in [2.24, 2.45) is 12.5 Å².